The topological polar surface area (TPSA) is 137 Å². The van der Waals surface area contributed by atoms with Crippen molar-refractivity contribution in [2.24, 2.45) is 0 Å². The minimum atomic E-state index is -0.616. The van der Waals surface area contributed by atoms with Crippen LogP contribution in [-0.2, 0) is 17.9 Å². The molecule has 0 radical (unpaired) electrons. The minimum Gasteiger partial charge on any atom is -0.358 e. The Hall–Kier alpha value is -2.76. The first kappa shape index (κ1) is 18.6. The van der Waals surface area contributed by atoms with Crippen LogP contribution in [0.25, 0.3) is 0 Å². The first-order chi connectivity index (χ1) is 11.8. The van der Waals surface area contributed by atoms with Crippen LogP contribution in [0.2, 0.25) is 0 Å². The average Bonchev–Trinajstić information content (AvgIpc) is 3.15. The van der Waals surface area contributed by atoms with Gasteiger partial charge in [-0.1, -0.05) is 0 Å². The predicted molar refractivity (Wildman–Crippen MR) is 91.1 cm³/mol. The molecule has 0 atom stereocenters. The van der Waals surface area contributed by atoms with Gasteiger partial charge in [0, 0.05) is 26.2 Å². The molecule has 0 fully saturated rings. The van der Waals surface area contributed by atoms with Crippen molar-refractivity contribution in [3.63, 3.8) is 0 Å². The molecule has 0 aliphatic heterocycles. The summed E-state index contributed by atoms with van der Waals surface area (Å²) in [6.45, 7) is 2.55. The Balaban J connectivity index is 2.03. The van der Waals surface area contributed by atoms with E-state index in [1.807, 2.05) is 6.92 Å². The molecule has 2 aromatic heterocycles. The fraction of sp³-hybridized carbons (Fsp3) is 0.385. The van der Waals surface area contributed by atoms with Crippen LogP contribution in [0.3, 0.4) is 0 Å². The first-order valence-electron chi connectivity index (χ1n) is 7.32. The Morgan fingerprint density at radius 3 is 2.60 bits per heavy atom. The maximum absolute atomic E-state index is 12.1. The zero-order chi connectivity index (χ0) is 18.6. The highest BCUT2D eigenvalue weighted by Gasteiger charge is 2.20. The third-order valence-corrected chi connectivity index (χ3v) is 3.80. The van der Waals surface area contributed by atoms with E-state index in [-0.39, 0.29) is 34.9 Å². The number of carbonyl (C=O) groups is 2. The van der Waals surface area contributed by atoms with Crippen molar-refractivity contribution < 1.29 is 14.5 Å². The third kappa shape index (κ3) is 4.41. The summed E-state index contributed by atoms with van der Waals surface area (Å²) in [7, 11) is 1.47. The van der Waals surface area contributed by atoms with Gasteiger partial charge in [-0.2, -0.15) is 9.78 Å². The van der Waals surface area contributed by atoms with Crippen molar-refractivity contribution in [2.75, 3.05) is 12.4 Å². The van der Waals surface area contributed by atoms with Gasteiger partial charge in [0.25, 0.3) is 5.91 Å². The van der Waals surface area contributed by atoms with Crippen molar-refractivity contribution in [3.8, 4) is 0 Å². The summed E-state index contributed by atoms with van der Waals surface area (Å²) < 4.78 is 3.08. The van der Waals surface area contributed by atoms with Crippen LogP contribution >= 0.6 is 15.9 Å². The van der Waals surface area contributed by atoms with E-state index < -0.39 is 10.8 Å². The van der Waals surface area contributed by atoms with Gasteiger partial charge in [-0.25, -0.2) is 0 Å². The van der Waals surface area contributed by atoms with E-state index in [1.165, 1.54) is 22.6 Å². The van der Waals surface area contributed by atoms with Crippen molar-refractivity contribution in [2.45, 2.75) is 26.4 Å². The van der Waals surface area contributed by atoms with E-state index in [9.17, 15) is 19.7 Å². The number of anilines is 1. The number of amides is 2. The lowest BCUT2D eigenvalue weighted by molar-refractivity contribution is -0.390. The van der Waals surface area contributed by atoms with Crippen LogP contribution in [0.15, 0.2) is 16.9 Å². The summed E-state index contributed by atoms with van der Waals surface area (Å²) in [6, 6.07) is 0. The second-order valence-electron chi connectivity index (χ2n) is 4.95. The molecule has 0 spiro atoms. The molecule has 0 aromatic carbocycles. The number of halogens is 1. The number of nitrogens with zero attached hydrogens (tertiary/aromatic N) is 5. The molecule has 25 heavy (non-hydrogen) atoms. The maximum atomic E-state index is 12.1. The largest absolute Gasteiger partial charge is 0.404 e. The van der Waals surface area contributed by atoms with Gasteiger partial charge >= 0.3 is 5.82 Å². The van der Waals surface area contributed by atoms with E-state index >= 15 is 0 Å². The normalized spacial score (nSPS) is 10.5. The number of aromatic nitrogens is 4. The summed E-state index contributed by atoms with van der Waals surface area (Å²) in [5.74, 6) is -1.09. The molecule has 2 aromatic rings. The van der Waals surface area contributed by atoms with Crippen LogP contribution in [0, 0.1) is 10.1 Å². The van der Waals surface area contributed by atoms with Crippen LogP contribution < -0.4 is 10.6 Å². The molecule has 0 aliphatic rings. The quantitative estimate of drug-likeness (QED) is 0.515. The molecule has 0 bridgehead atoms. The zero-order valence-electron chi connectivity index (χ0n) is 13.5. The molecule has 0 aliphatic carbocycles. The smallest absolute Gasteiger partial charge is 0.358 e. The fourth-order valence-electron chi connectivity index (χ4n) is 2.01. The van der Waals surface area contributed by atoms with Crippen LogP contribution in [0.5, 0.6) is 0 Å². The number of aryl methyl sites for hydroxylation is 2. The number of hydrogen-bond acceptors (Lipinski definition) is 6. The molecule has 12 heteroatoms. The molecule has 2 rings (SSSR count). The molecule has 0 saturated heterocycles. The van der Waals surface area contributed by atoms with E-state index in [1.54, 1.807) is 6.20 Å². The number of rotatable bonds is 7. The average molecular weight is 414 g/mol. The minimum absolute atomic E-state index is 0.0236. The monoisotopic (exact) mass is 413 g/mol. The lowest BCUT2D eigenvalue weighted by Gasteiger charge is -2.04. The highest BCUT2D eigenvalue weighted by atomic mass is 79.9. The van der Waals surface area contributed by atoms with Crippen molar-refractivity contribution in [1.29, 1.82) is 0 Å². The molecule has 0 saturated carbocycles. The van der Waals surface area contributed by atoms with Crippen molar-refractivity contribution in [3.05, 3.63) is 32.7 Å². The van der Waals surface area contributed by atoms with E-state index in [4.69, 9.17) is 0 Å². The first-order valence-corrected chi connectivity index (χ1v) is 8.11. The van der Waals surface area contributed by atoms with Gasteiger partial charge in [-0.05, 0) is 27.8 Å². The van der Waals surface area contributed by atoms with Crippen LogP contribution in [-0.4, -0.2) is 43.3 Å². The van der Waals surface area contributed by atoms with Crippen LogP contribution in [0.1, 0.15) is 23.8 Å². The highest BCUT2D eigenvalue weighted by Crippen LogP contribution is 2.22. The number of carbonyl (C=O) groups excluding carboxylic acids is 2. The molecule has 134 valence electrons. The van der Waals surface area contributed by atoms with Gasteiger partial charge in [0.2, 0.25) is 5.91 Å². The van der Waals surface area contributed by atoms with E-state index in [0.29, 0.717) is 12.2 Å². The Labute approximate surface area is 150 Å². The lowest BCUT2D eigenvalue weighted by atomic mass is 10.3. The summed E-state index contributed by atoms with van der Waals surface area (Å²) >= 11 is 3.04. The molecule has 11 nitrogen and oxygen atoms in total. The molecule has 2 amide bonds. The van der Waals surface area contributed by atoms with Gasteiger partial charge in [-0.15, -0.1) is 0 Å². The van der Waals surface area contributed by atoms with Crippen molar-refractivity contribution >= 4 is 39.2 Å². The molecular weight excluding hydrogens is 398 g/mol. The Bertz CT molecular complexity index is 813. The molecule has 0 unspecified atom stereocenters. The standard InChI is InChI=1S/C13H16BrN7O4/c1-3-19-7-9(11(17-19)13(23)15-2)16-10(22)4-5-20-6-8(14)12(18-20)21(24)25/h6-7H,3-5H2,1-2H3,(H,15,23)(H,16,22). The molecule has 2 heterocycles. The summed E-state index contributed by atoms with van der Waals surface area (Å²) in [4.78, 5) is 34.0. The zero-order valence-corrected chi connectivity index (χ0v) is 15.1. The van der Waals surface area contributed by atoms with Crippen LogP contribution in [0.4, 0.5) is 11.5 Å². The number of nitrogens with one attached hydrogen (secondary N) is 2. The summed E-state index contributed by atoms with van der Waals surface area (Å²) in [5.41, 5.74) is 0.425. The van der Waals surface area contributed by atoms with E-state index in [0.717, 1.165) is 0 Å². The Kier molecular flexibility index (Phi) is 5.85. The highest BCUT2D eigenvalue weighted by molar-refractivity contribution is 9.10. The summed E-state index contributed by atoms with van der Waals surface area (Å²) in [5, 5.41) is 23.7. The third-order valence-electron chi connectivity index (χ3n) is 3.24. The maximum Gasteiger partial charge on any atom is 0.404 e. The number of nitro groups is 1. The Morgan fingerprint density at radius 2 is 2.04 bits per heavy atom. The van der Waals surface area contributed by atoms with Gasteiger partial charge < -0.3 is 20.7 Å². The Morgan fingerprint density at radius 1 is 1.32 bits per heavy atom. The SMILES string of the molecule is CCn1cc(NC(=O)CCn2cc(Br)c([N+](=O)[O-])n2)c(C(=O)NC)n1. The predicted octanol–water partition coefficient (Wildman–Crippen LogP) is 1.16. The van der Waals surface area contributed by atoms with Crippen molar-refractivity contribution in [1.82, 2.24) is 24.9 Å². The van der Waals surface area contributed by atoms with Gasteiger partial charge in [0.05, 0.1) is 23.5 Å². The fourth-order valence-corrected chi connectivity index (χ4v) is 2.48. The number of hydrogen-bond donors (Lipinski definition) is 2. The second kappa shape index (κ2) is 7.88. The van der Waals surface area contributed by atoms with Gasteiger partial charge in [0.15, 0.2) is 5.69 Å². The summed E-state index contributed by atoms with van der Waals surface area (Å²) in [6.07, 6.45) is 3.02. The molecule has 2 N–H and O–H groups in total. The lowest BCUT2D eigenvalue weighted by Crippen LogP contribution is -2.22. The second-order valence-corrected chi connectivity index (χ2v) is 5.80. The van der Waals surface area contributed by atoms with Gasteiger partial charge in [-0.3, -0.25) is 14.3 Å². The van der Waals surface area contributed by atoms with Gasteiger partial charge in [0.1, 0.15) is 4.47 Å². The van der Waals surface area contributed by atoms with E-state index in [2.05, 4.69) is 36.8 Å². The molecular formula is C13H16BrN7O4.